The summed E-state index contributed by atoms with van der Waals surface area (Å²) in [5, 5.41) is 12.5. The molecule has 0 spiro atoms. The second-order valence-corrected chi connectivity index (χ2v) is 8.13. The van der Waals surface area contributed by atoms with E-state index in [0.717, 1.165) is 40.7 Å². The second-order valence-electron chi connectivity index (χ2n) is 8.13. The highest BCUT2D eigenvalue weighted by Crippen LogP contribution is 2.48. The van der Waals surface area contributed by atoms with Gasteiger partial charge in [0.15, 0.2) is 0 Å². The summed E-state index contributed by atoms with van der Waals surface area (Å²) in [6, 6.07) is 38.5. The molecule has 1 aliphatic heterocycles. The predicted molar refractivity (Wildman–Crippen MR) is 124 cm³/mol. The minimum absolute atomic E-state index is 0.574. The van der Waals surface area contributed by atoms with Crippen LogP contribution in [0.3, 0.4) is 0 Å². The van der Waals surface area contributed by atoms with Gasteiger partial charge in [0.25, 0.3) is 0 Å². The predicted octanol–water partition coefficient (Wildman–Crippen LogP) is 6.02. The van der Waals surface area contributed by atoms with E-state index in [1.807, 2.05) is 84.9 Å². The zero-order chi connectivity index (χ0) is 21.2. The van der Waals surface area contributed by atoms with Crippen LogP contribution in [0.1, 0.15) is 40.7 Å². The molecule has 4 aromatic rings. The Kier molecular flexibility index (Phi) is 5.19. The van der Waals surface area contributed by atoms with Crippen LogP contribution in [0.4, 0.5) is 0 Å². The second kappa shape index (κ2) is 8.14. The van der Waals surface area contributed by atoms with Crippen molar-refractivity contribution < 1.29 is 9.84 Å². The molecular weight excluding hydrogens is 380 g/mol. The van der Waals surface area contributed by atoms with Gasteiger partial charge in [0.1, 0.15) is 11.2 Å². The van der Waals surface area contributed by atoms with Crippen LogP contribution >= 0.6 is 0 Å². The molecule has 0 amide bonds. The van der Waals surface area contributed by atoms with Gasteiger partial charge < -0.3 is 9.84 Å². The summed E-state index contributed by atoms with van der Waals surface area (Å²) < 4.78 is 6.51. The average Bonchev–Trinajstić information content (AvgIpc) is 3.36. The number of hydrogen-bond donors (Lipinski definition) is 1. The van der Waals surface area contributed by atoms with Crippen molar-refractivity contribution in [1.82, 2.24) is 0 Å². The van der Waals surface area contributed by atoms with E-state index in [0.29, 0.717) is 6.61 Å². The first kappa shape index (κ1) is 19.7. The van der Waals surface area contributed by atoms with Crippen LogP contribution in [0.15, 0.2) is 115 Å². The minimum atomic E-state index is -1.30. The Bertz CT molecular complexity index is 1090. The van der Waals surface area contributed by atoms with Crippen molar-refractivity contribution >= 4 is 0 Å². The Hall–Kier alpha value is -3.20. The van der Waals surface area contributed by atoms with Crippen LogP contribution in [0.5, 0.6) is 0 Å². The molecule has 4 aromatic carbocycles. The topological polar surface area (TPSA) is 29.5 Å². The van der Waals surface area contributed by atoms with Gasteiger partial charge in [0.2, 0.25) is 0 Å². The summed E-state index contributed by atoms with van der Waals surface area (Å²) in [5.41, 5.74) is 2.82. The molecule has 2 heteroatoms. The van der Waals surface area contributed by atoms with Crippen molar-refractivity contribution in [1.29, 1.82) is 0 Å². The number of ether oxygens (including phenoxy) is 1. The molecule has 0 saturated carbocycles. The van der Waals surface area contributed by atoms with Crippen LogP contribution < -0.4 is 0 Å². The molecule has 1 aliphatic rings. The largest absolute Gasteiger partial charge is 0.376 e. The Morgan fingerprint density at radius 2 is 1.16 bits per heavy atom. The van der Waals surface area contributed by atoms with Gasteiger partial charge >= 0.3 is 0 Å². The van der Waals surface area contributed by atoms with Crippen molar-refractivity contribution in [3.63, 3.8) is 0 Å². The van der Waals surface area contributed by atoms with Gasteiger partial charge in [-0.1, -0.05) is 115 Å². The average molecular weight is 407 g/mol. The van der Waals surface area contributed by atoms with Crippen LogP contribution in [-0.2, 0) is 15.9 Å². The van der Waals surface area contributed by atoms with E-state index in [2.05, 4.69) is 30.3 Å². The van der Waals surface area contributed by atoms with Crippen LogP contribution in [0.25, 0.3) is 0 Å². The fourth-order valence-electron chi connectivity index (χ4n) is 4.93. The fourth-order valence-corrected chi connectivity index (χ4v) is 4.93. The van der Waals surface area contributed by atoms with Gasteiger partial charge in [-0.2, -0.15) is 0 Å². The molecule has 1 heterocycles. The molecule has 0 aromatic heterocycles. The summed E-state index contributed by atoms with van der Waals surface area (Å²) in [4.78, 5) is 0. The van der Waals surface area contributed by atoms with Gasteiger partial charge in [-0.3, -0.25) is 0 Å². The Morgan fingerprint density at radius 3 is 1.71 bits per heavy atom. The van der Waals surface area contributed by atoms with Gasteiger partial charge in [-0.25, -0.2) is 0 Å². The van der Waals surface area contributed by atoms with Crippen LogP contribution in [0.2, 0.25) is 0 Å². The number of hydrogen-bond acceptors (Lipinski definition) is 2. The van der Waals surface area contributed by atoms with Gasteiger partial charge in [0.05, 0.1) is 0 Å². The highest BCUT2D eigenvalue weighted by molar-refractivity contribution is 5.53. The lowest BCUT2D eigenvalue weighted by atomic mass is 9.73. The molecule has 1 saturated heterocycles. The van der Waals surface area contributed by atoms with Crippen LogP contribution in [-0.4, -0.2) is 11.7 Å². The van der Waals surface area contributed by atoms with Crippen molar-refractivity contribution in [3.8, 4) is 0 Å². The SMILES string of the molecule is OC(c1ccccc1)(c1ccccc1)c1ccccc1C1(c2ccccc2)CCCO1. The highest BCUT2D eigenvalue weighted by atomic mass is 16.5. The quantitative estimate of drug-likeness (QED) is 0.410. The zero-order valence-corrected chi connectivity index (χ0v) is 17.4. The van der Waals surface area contributed by atoms with E-state index >= 15 is 0 Å². The lowest BCUT2D eigenvalue weighted by molar-refractivity contribution is 0.0307. The Balaban J connectivity index is 1.79. The van der Waals surface area contributed by atoms with Crippen molar-refractivity contribution in [3.05, 3.63) is 143 Å². The molecule has 0 bridgehead atoms. The molecule has 0 radical (unpaired) electrons. The molecule has 1 N–H and O–H groups in total. The number of benzene rings is 4. The first-order chi connectivity index (χ1) is 15.2. The summed E-state index contributed by atoms with van der Waals surface area (Å²) in [5.74, 6) is 0. The van der Waals surface area contributed by atoms with Crippen molar-refractivity contribution in [2.24, 2.45) is 0 Å². The van der Waals surface area contributed by atoms with E-state index < -0.39 is 11.2 Å². The van der Waals surface area contributed by atoms with Gasteiger partial charge in [-0.05, 0) is 40.7 Å². The lowest BCUT2D eigenvalue weighted by Crippen LogP contribution is -2.35. The zero-order valence-electron chi connectivity index (χ0n) is 17.4. The molecule has 5 rings (SSSR count). The molecule has 31 heavy (non-hydrogen) atoms. The Labute approximate surface area is 183 Å². The first-order valence-electron chi connectivity index (χ1n) is 10.9. The maximum atomic E-state index is 12.5. The maximum Gasteiger partial charge on any atom is 0.140 e. The summed E-state index contributed by atoms with van der Waals surface area (Å²) >= 11 is 0. The molecule has 0 aliphatic carbocycles. The first-order valence-corrected chi connectivity index (χ1v) is 10.9. The molecule has 1 atom stereocenters. The van der Waals surface area contributed by atoms with Gasteiger partial charge in [-0.15, -0.1) is 0 Å². The third-order valence-electron chi connectivity index (χ3n) is 6.40. The number of aliphatic hydroxyl groups is 1. The molecule has 1 fully saturated rings. The molecule has 2 nitrogen and oxygen atoms in total. The molecule has 154 valence electrons. The van der Waals surface area contributed by atoms with Crippen molar-refractivity contribution in [2.45, 2.75) is 24.0 Å². The van der Waals surface area contributed by atoms with E-state index in [4.69, 9.17) is 4.74 Å². The van der Waals surface area contributed by atoms with Gasteiger partial charge in [0, 0.05) is 6.61 Å². The maximum absolute atomic E-state index is 12.5. The third-order valence-corrected chi connectivity index (χ3v) is 6.40. The Morgan fingerprint density at radius 1 is 0.645 bits per heavy atom. The van der Waals surface area contributed by atoms with Crippen molar-refractivity contribution in [2.75, 3.05) is 6.61 Å². The van der Waals surface area contributed by atoms with E-state index in [-0.39, 0.29) is 0 Å². The summed E-state index contributed by atoms with van der Waals surface area (Å²) in [6.07, 6.45) is 1.87. The third kappa shape index (κ3) is 3.29. The molecule has 1 unspecified atom stereocenters. The summed E-state index contributed by atoms with van der Waals surface area (Å²) in [7, 11) is 0. The van der Waals surface area contributed by atoms with E-state index in [9.17, 15) is 5.11 Å². The fraction of sp³-hybridized carbons (Fsp3) is 0.172. The molecular formula is C29H26O2. The van der Waals surface area contributed by atoms with E-state index in [1.165, 1.54) is 0 Å². The smallest absolute Gasteiger partial charge is 0.140 e. The number of rotatable bonds is 5. The minimum Gasteiger partial charge on any atom is -0.376 e. The lowest BCUT2D eigenvalue weighted by Gasteiger charge is -2.38. The normalized spacial score (nSPS) is 18.7. The van der Waals surface area contributed by atoms with E-state index in [1.54, 1.807) is 0 Å². The standard InChI is InChI=1S/C29H26O2/c30-29(24-15-6-2-7-16-24,25-17-8-3-9-18-25)27-20-11-10-19-26(27)28(21-12-22-31-28)23-13-4-1-5-14-23/h1-11,13-20,30H,12,21-22H2. The summed E-state index contributed by atoms with van der Waals surface area (Å²) in [6.45, 7) is 0.707. The monoisotopic (exact) mass is 406 g/mol. The van der Waals surface area contributed by atoms with Crippen LogP contribution in [0, 0.1) is 0 Å². The highest BCUT2D eigenvalue weighted by Gasteiger charge is 2.45.